The Hall–Kier alpha value is -0.240. The van der Waals surface area contributed by atoms with E-state index in [4.69, 9.17) is 0 Å². The molecule has 1 aliphatic rings. The van der Waals surface area contributed by atoms with Gasteiger partial charge in [0.2, 0.25) is 0 Å². The number of hydrogen-bond donors (Lipinski definition) is 0. The Kier molecular flexibility index (Phi) is 3.18. The van der Waals surface area contributed by atoms with E-state index in [0.29, 0.717) is 6.04 Å². The Bertz CT molecular complexity index is 190. The van der Waals surface area contributed by atoms with Gasteiger partial charge >= 0.3 is 0 Å². The summed E-state index contributed by atoms with van der Waals surface area (Å²) in [4.78, 5) is 4.55. The summed E-state index contributed by atoms with van der Waals surface area (Å²) in [5.74, 6) is 1.18. The highest BCUT2D eigenvalue weighted by Crippen LogP contribution is 2.21. The number of nitrogens with zero attached hydrogens (tertiary/aromatic N) is 1. The summed E-state index contributed by atoms with van der Waals surface area (Å²) in [6, 6.07) is 0.575. The zero-order chi connectivity index (χ0) is 8.27. The van der Waals surface area contributed by atoms with Crippen LogP contribution in [0.15, 0.2) is 16.6 Å². The van der Waals surface area contributed by atoms with Gasteiger partial charge in [0, 0.05) is 5.75 Å². The lowest BCUT2D eigenvalue weighted by atomic mass is 10.3. The van der Waals surface area contributed by atoms with Crippen molar-refractivity contribution in [1.82, 2.24) is 0 Å². The van der Waals surface area contributed by atoms with Crippen molar-refractivity contribution in [3.05, 3.63) is 11.6 Å². The van der Waals surface area contributed by atoms with E-state index in [1.807, 2.05) is 11.8 Å². The predicted octanol–water partition coefficient (Wildman–Crippen LogP) is 2.88. The first-order valence-electron chi connectivity index (χ1n) is 4.08. The normalized spacial score (nSPS) is 23.2. The Morgan fingerprint density at radius 1 is 1.73 bits per heavy atom. The highest BCUT2D eigenvalue weighted by molar-refractivity contribution is 8.14. The van der Waals surface area contributed by atoms with E-state index in [1.165, 1.54) is 22.8 Å². The lowest BCUT2D eigenvalue weighted by Gasteiger charge is -1.95. The van der Waals surface area contributed by atoms with Gasteiger partial charge in [-0.1, -0.05) is 12.5 Å². The smallest absolute Gasteiger partial charge is 0.0908 e. The van der Waals surface area contributed by atoms with Crippen LogP contribution in [0.5, 0.6) is 0 Å². The van der Waals surface area contributed by atoms with Crippen LogP contribution in [0.2, 0.25) is 0 Å². The summed E-state index contributed by atoms with van der Waals surface area (Å²) in [6.07, 6.45) is 3.34. The first-order valence-corrected chi connectivity index (χ1v) is 5.06. The van der Waals surface area contributed by atoms with E-state index in [-0.39, 0.29) is 0 Å². The third-order valence-corrected chi connectivity index (χ3v) is 2.69. The van der Waals surface area contributed by atoms with E-state index in [9.17, 15) is 0 Å². The zero-order valence-electron chi connectivity index (χ0n) is 7.42. The van der Waals surface area contributed by atoms with Crippen molar-refractivity contribution in [3.63, 3.8) is 0 Å². The number of thioether (sulfide) groups is 1. The molecule has 1 atom stereocenters. The van der Waals surface area contributed by atoms with Gasteiger partial charge in [0.05, 0.1) is 11.1 Å². The van der Waals surface area contributed by atoms with Gasteiger partial charge in [-0.3, -0.25) is 4.99 Å². The monoisotopic (exact) mass is 169 g/mol. The summed E-state index contributed by atoms with van der Waals surface area (Å²) in [5.41, 5.74) is 1.34. The first-order chi connectivity index (χ1) is 5.22. The van der Waals surface area contributed by atoms with Gasteiger partial charge in [0.25, 0.3) is 0 Å². The minimum Gasteiger partial charge on any atom is -0.274 e. The predicted molar refractivity (Wildman–Crippen MR) is 53.4 cm³/mol. The molecule has 0 aromatic heterocycles. The van der Waals surface area contributed by atoms with Crippen molar-refractivity contribution in [1.29, 1.82) is 0 Å². The Labute approximate surface area is 73.0 Å². The molecule has 1 nitrogen and oxygen atoms in total. The van der Waals surface area contributed by atoms with Crippen molar-refractivity contribution >= 4 is 16.8 Å². The standard InChI is InChI=1S/C9H15NS/c1-4-8-6-11-9(10-8)5-7(2)3/h5,8H,4,6H2,1-3H3. The van der Waals surface area contributed by atoms with Crippen LogP contribution < -0.4 is 0 Å². The van der Waals surface area contributed by atoms with Gasteiger partial charge in [0.1, 0.15) is 0 Å². The molecule has 0 bridgehead atoms. The Balaban J connectivity index is 2.55. The number of aliphatic imine (C=N–C) groups is 1. The molecule has 0 fully saturated rings. The van der Waals surface area contributed by atoms with Gasteiger partial charge in [-0.15, -0.1) is 11.8 Å². The third kappa shape index (κ3) is 2.70. The van der Waals surface area contributed by atoms with Crippen LogP contribution in [0.4, 0.5) is 0 Å². The number of rotatable bonds is 2. The first kappa shape index (κ1) is 8.85. The molecular formula is C9H15NS. The van der Waals surface area contributed by atoms with E-state index < -0.39 is 0 Å². The maximum Gasteiger partial charge on any atom is 0.0908 e. The maximum absolute atomic E-state index is 4.55. The quantitative estimate of drug-likeness (QED) is 0.619. The molecule has 1 unspecified atom stereocenters. The molecule has 11 heavy (non-hydrogen) atoms. The molecule has 0 saturated carbocycles. The molecular weight excluding hydrogens is 154 g/mol. The van der Waals surface area contributed by atoms with Crippen LogP contribution in [0.1, 0.15) is 27.2 Å². The maximum atomic E-state index is 4.55. The molecule has 0 aliphatic carbocycles. The van der Waals surface area contributed by atoms with Crippen molar-refractivity contribution in [2.45, 2.75) is 33.2 Å². The fourth-order valence-corrected chi connectivity index (χ4v) is 2.19. The van der Waals surface area contributed by atoms with E-state index in [0.717, 1.165) is 0 Å². The van der Waals surface area contributed by atoms with Crippen LogP contribution in [0.3, 0.4) is 0 Å². The molecule has 2 heteroatoms. The van der Waals surface area contributed by atoms with E-state index in [2.05, 4.69) is 31.8 Å². The molecule has 1 heterocycles. The Morgan fingerprint density at radius 3 is 2.91 bits per heavy atom. The molecule has 1 rings (SSSR count). The van der Waals surface area contributed by atoms with Gasteiger partial charge in [-0.25, -0.2) is 0 Å². The average molecular weight is 169 g/mol. The molecule has 0 aromatic rings. The van der Waals surface area contributed by atoms with Gasteiger partial charge in [-0.2, -0.15) is 0 Å². The minimum atomic E-state index is 0.575. The summed E-state index contributed by atoms with van der Waals surface area (Å²) < 4.78 is 0. The molecule has 62 valence electrons. The van der Waals surface area contributed by atoms with Crippen LogP contribution in [-0.2, 0) is 0 Å². The third-order valence-electron chi connectivity index (χ3n) is 1.62. The fraction of sp³-hybridized carbons (Fsp3) is 0.667. The summed E-state index contributed by atoms with van der Waals surface area (Å²) in [5, 5.41) is 1.22. The summed E-state index contributed by atoms with van der Waals surface area (Å²) >= 11 is 1.88. The number of hydrogen-bond acceptors (Lipinski definition) is 2. The second-order valence-electron chi connectivity index (χ2n) is 3.06. The van der Waals surface area contributed by atoms with Crippen molar-refractivity contribution in [3.8, 4) is 0 Å². The van der Waals surface area contributed by atoms with Crippen LogP contribution in [0.25, 0.3) is 0 Å². The zero-order valence-corrected chi connectivity index (χ0v) is 8.24. The molecule has 0 N–H and O–H groups in total. The highest BCUT2D eigenvalue weighted by atomic mass is 32.2. The lowest BCUT2D eigenvalue weighted by molar-refractivity contribution is 0.738. The summed E-state index contributed by atoms with van der Waals surface area (Å²) in [6.45, 7) is 6.42. The SMILES string of the molecule is CCC1CSC(C=C(C)C)=N1. The largest absolute Gasteiger partial charge is 0.274 e. The van der Waals surface area contributed by atoms with Crippen LogP contribution in [0, 0.1) is 0 Å². The topological polar surface area (TPSA) is 12.4 Å². The van der Waals surface area contributed by atoms with Crippen LogP contribution in [-0.4, -0.2) is 16.8 Å². The Morgan fingerprint density at radius 2 is 2.45 bits per heavy atom. The van der Waals surface area contributed by atoms with Crippen LogP contribution >= 0.6 is 11.8 Å². The molecule has 0 radical (unpaired) electrons. The molecule has 0 amide bonds. The molecule has 0 saturated heterocycles. The second-order valence-corrected chi connectivity index (χ2v) is 4.10. The minimum absolute atomic E-state index is 0.575. The molecule has 0 aromatic carbocycles. The molecule has 1 aliphatic heterocycles. The number of allylic oxidation sites excluding steroid dienone is 1. The van der Waals surface area contributed by atoms with Crippen molar-refractivity contribution in [2.24, 2.45) is 4.99 Å². The summed E-state index contributed by atoms with van der Waals surface area (Å²) in [7, 11) is 0. The van der Waals surface area contributed by atoms with E-state index >= 15 is 0 Å². The average Bonchev–Trinajstić information content (AvgIpc) is 2.34. The van der Waals surface area contributed by atoms with Gasteiger partial charge < -0.3 is 0 Å². The fourth-order valence-electron chi connectivity index (χ4n) is 0.971. The van der Waals surface area contributed by atoms with E-state index in [1.54, 1.807) is 0 Å². The second kappa shape index (κ2) is 3.96. The molecule has 0 spiro atoms. The van der Waals surface area contributed by atoms with Crippen molar-refractivity contribution < 1.29 is 0 Å². The highest BCUT2D eigenvalue weighted by Gasteiger charge is 2.13. The lowest BCUT2D eigenvalue weighted by Crippen LogP contribution is -1.99. The van der Waals surface area contributed by atoms with Gasteiger partial charge in [0.15, 0.2) is 0 Å². The van der Waals surface area contributed by atoms with Gasteiger partial charge in [-0.05, 0) is 26.3 Å². The van der Waals surface area contributed by atoms with Crippen molar-refractivity contribution in [2.75, 3.05) is 5.75 Å².